The smallest absolute Gasteiger partial charge is 0.319 e. The first-order valence-electron chi connectivity index (χ1n) is 10.6. The number of hydrogen-bond donors (Lipinski definition) is 2. The third-order valence-electron chi connectivity index (χ3n) is 6.03. The van der Waals surface area contributed by atoms with Gasteiger partial charge in [0.25, 0.3) is 5.91 Å². The van der Waals surface area contributed by atoms with Crippen molar-refractivity contribution < 1.29 is 14.0 Å². The van der Waals surface area contributed by atoms with Crippen LogP contribution >= 0.6 is 0 Å². The van der Waals surface area contributed by atoms with Crippen molar-refractivity contribution in [2.24, 2.45) is 5.92 Å². The molecule has 0 spiro atoms. The molecule has 5 rings (SSSR count). The molecule has 3 amide bonds. The molecule has 2 aromatic rings. The van der Waals surface area contributed by atoms with E-state index in [2.05, 4.69) is 23.6 Å². The molecule has 3 aliphatic rings. The standard InChI is InChI=1S/C23H27N3O3/c1-14-12-20(14)21-11-10-19(29-21)13-26(18-8-9-18)22(27)15-2-4-16(5-3-15)24-23(28)25-17-6-7-17/h2-5,10-11,14,17-18,20H,6-9,12-13H2,1H3,(H2,24,25,28). The lowest BCUT2D eigenvalue weighted by Gasteiger charge is -2.21. The summed E-state index contributed by atoms with van der Waals surface area (Å²) in [6.07, 6.45) is 5.38. The molecule has 1 aromatic carbocycles. The number of hydrogen-bond acceptors (Lipinski definition) is 3. The average Bonchev–Trinajstić information content (AvgIpc) is 3.61. The van der Waals surface area contributed by atoms with Crippen molar-refractivity contribution in [2.45, 2.75) is 63.6 Å². The summed E-state index contributed by atoms with van der Waals surface area (Å²) < 4.78 is 6.02. The van der Waals surface area contributed by atoms with E-state index in [1.165, 1.54) is 6.42 Å². The van der Waals surface area contributed by atoms with Gasteiger partial charge in [0.15, 0.2) is 0 Å². The molecule has 0 bridgehead atoms. The van der Waals surface area contributed by atoms with Crippen LogP contribution in [0.15, 0.2) is 40.8 Å². The number of nitrogens with one attached hydrogen (secondary N) is 2. The predicted octanol–water partition coefficient (Wildman–Crippen LogP) is 4.49. The molecule has 3 aliphatic carbocycles. The molecule has 1 aromatic heterocycles. The molecule has 0 saturated heterocycles. The van der Waals surface area contributed by atoms with E-state index in [4.69, 9.17) is 4.42 Å². The zero-order valence-electron chi connectivity index (χ0n) is 16.7. The van der Waals surface area contributed by atoms with E-state index in [9.17, 15) is 9.59 Å². The Hall–Kier alpha value is -2.76. The molecular formula is C23H27N3O3. The number of carbonyl (C=O) groups excluding carboxylic acids is 2. The molecule has 152 valence electrons. The van der Waals surface area contributed by atoms with Crippen LogP contribution in [-0.2, 0) is 6.54 Å². The quantitative estimate of drug-likeness (QED) is 0.728. The summed E-state index contributed by atoms with van der Waals surface area (Å²) >= 11 is 0. The van der Waals surface area contributed by atoms with Gasteiger partial charge in [-0.2, -0.15) is 0 Å². The van der Waals surface area contributed by atoms with Crippen LogP contribution in [0.3, 0.4) is 0 Å². The third-order valence-corrected chi connectivity index (χ3v) is 6.03. The highest BCUT2D eigenvalue weighted by molar-refractivity contribution is 5.96. The molecule has 2 unspecified atom stereocenters. The Morgan fingerprint density at radius 3 is 2.41 bits per heavy atom. The zero-order chi connectivity index (χ0) is 20.0. The molecule has 3 saturated carbocycles. The lowest BCUT2D eigenvalue weighted by molar-refractivity contribution is 0.0716. The van der Waals surface area contributed by atoms with Crippen LogP contribution in [0.4, 0.5) is 10.5 Å². The van der Waals surface area contributed by atoms with Gasteiger partial charge in [0.05, 0.1) is 6.54 Å². The van der Waals surface area contributed by atoms with E-state index in [1.54, 1.807) is 24.3 Å². The molecule has 29 heavy (non-hydrogen) atoms. The normalized spacial score (nSPS) is 22.8. The van der Waals surface area contributed by atoms with Crippen LogP contribution in [0.1, 0.15) is 66.8 Å². The van der Waals surface area contributed by atoms with Gasteiger partial charge in [-0.3, -0.25) is 4.79 Å². The average molecular weight is 393 g/mol. The molecule has 6 nitrogen and oxygen atoms in total. The summed E-state index contributed by atoms with van der Waals surface area (Å²) in [5.41, 5.74) is 1.32. The Morgan fingerprint density at radius 1 is 1.07 bits per heavy atom. The number of carbonyl (C=O) groups is 2. The van der Waals surface area contributed by atoms with Gasteiger partial charge in [-0.05, 0) is 74.4 Å². The number of benzene rings is 1. The Labute approximate surface area is 170 Å². The van der Waals surface area contributed by atoms with Crippen LogP contribution in [0.25, 0.3) is 0 Å². The fourth-order valence-electron chi connectivity index (χ4n) is 3.76. The van der Waals surface area contributed by atoms with Crippen LogP contribution in [-0.4, -0.2) is 28.9 Å². The van der Waals surface area contributed by atoms with Crippen molar-refractivity contribution in [2.75, 3.05) is 5.32 Å². The molecule has 0 aliphatic heterocycles. The maximum absolute atomic E-state index is 13.1. The number of amides is 3. The fraction of sp³-hybridized carbons (Fsp3) is 0.478. The highest BCUT2D eigenvalue weighted by Gasteiger charge is 2.37. The molecule has 2 atom stereocenters. The van der Waals surface area contributed by atoms with Crippen LogP contribution in [0.2, 0.25) is 0 Å². The number of anilines is 1. The van der Waals surface area contributed by atoms with E-state index < -0.39 is 0 Å². The molecule has 1 heterocycles. The SMILES string of the molecule is CC1CC1c1ccc(CN(C(=O)c2ccc(NC(=O)NC3CC3)cc2)C2CC2)o1. The Balaban J connectivity index is 1.23. The van der Waals surface area contributed by atoms with Crippen molar-refractivity contribution >= 4 is 17.6 Å². The second-order valence-corrected chi connectivity index (χ2v) is 8.74. The molecule has 0 radical (unpaired) electrons. The minimum atomic E-state index is -0.190. The van der Waals surface area contributed by atoms with Crippen molar-refractivity contribution in [1.82, 2.24) is 10.2 Å². The Bertz CT molecular complexity index is 912. The van der Waals surface area contributed by atoms with Crippen LogP contribution in [0, 0.1) is 5.92 Å². The van der Waals surface area contributed by atoms with Crippen molar-refractivity contribution in [3.8, 4) is 0 Å². The number of rotatable bonds is 7. The monoisotopic (exact) mass is 393 g/mol. The van der Waals surface area contributed by atoms with Gasteiger partial charge in [-0.15, -0.1) is 0 Å². The first-order valence-corrected chi connectivity index (χ1v) is 10.6. The first-order chi connectivity index (χ1) is 14.1. The zero-order valence-corrected chi connectivity index (χ0v) is 16.7. The van der Waals surface area contributed by atoms with Gasteiger partial charge in [0.1, 0.15) is 11.5 Å². The predicted molar refractivity (Wildman–Crippen MR) is 110 cm³/mol. The lowest BCUT2D eigenvalue weighted by Crippen LogP contribution is -2.32. The van der Waals surface area contributed by atoms with E-state index >= 15 is 0 Å². The van der Waals surface area contributed by atoms with Gasteiger partial charge in [-0.1, -0.05) is 6.92 Å². The van der Waals surface area contributed by atoms with Gasteiger partial charge < -0.3 is 20.0 Å². The topological polar surface area (TPSA) is 74.6 Å². The summed E-state index contributed by atoms with van der Waals surface area (Å²) in [5, 5.41) is 5.71. The van der Waals surface area contributed by atoms with E-state index in [-0.39, 0.29) is 18.0 Å². The highest BCUT2D eigenvalue weighted by Crippen LogP contribution is 2.47. The highest BCUT2D eigenvalue weighted by atomic mass is 16.3. The van der Waals surface area contributed by atoms with E-state index in [1.807, 2.05) is 11.0 Å². The van der Waals surface area contributed by atoms with E-state index in [0.717, 1.165) is 37.2 Å². The van der Waals surface area contributed by atoms with Gasteiger partial charge in [0.2, 0.25) is 0 Å². The summed E-state index contributed by atoms with van der Waals surface area (Å²) in [7, 11) is 0. The Morgan fingerprint density at radius 2 is 1.79 bits per heavy atom. The molecular weight excluding hydrogens is 366 g/mol. The second kappa shape index (κ2) is 7.25. The van der Waals surface area contributed by atoms with Crippen molar-refractivity contribution in [1.29, 1.82) is 0 Å². The minimum absolute atomic E-state index is 0.0132. The maximum Gasteiger partial charge on any atom is 0.319 e. The Kier molecular flexibility index (Phi) is 4.57. The summed E-state index contributed by atoms with van der Waals surface area (Å²) in [6.45, 7) is 2.75. The summed E-state index contributed by atoms with van der Waals surface area (Å²) in [5.74, 6) is 3.17. The minimum Gasteiger partial charge on any atom is -0.464 e. The summed E-state index contributed by atoms with van der Waals surface area (Å²) in [4.78, 5) is 26.9. The van der Waals surface area contributed by atoms with E-state index in [0.29, 0.717) is 35.7 Å². The van der Waals surface area contributed by atoms with Crippen molar-refractivity contribution in [3.05, 3.63) is 53.5 Å². The molecule has 2 N–H and O–H groups in total. The van der Waals surface area contributed by atoms with Crippen LogP contribution < -0.4 is 10.6 Å². The van der Waals surface area contributed by atoms with Gasteiger partial charge in [0, 0.05) is 29.3 Å². The maximum atomic E-state index is 13.1. The lowest BCUT2D eigenvalue weighted by atomic mass is 10.1. The third kappa shape index (κ3) is 4.31. The number of furan rings is 1. The van der Waals surface area contributed by atoms with Gasteiger partial charge in [-0.25, -0.2) is 4.79 Å². The largest absolute Gasteiger partial charge is 0.464 e. The molecule has 6 heteroatoms. The van der Waals surface area contributed by atoms with Gasteiger partial charge >= 0.3 is 6.03 Å². The number of nitrogens with zero attached hydrogens (tertiary/aromatic N) is 1. The summed E-state index contributed by atoms with van der Waals surface area (Å²) in [6, 6.07) is 11.6. The fourth-order valence-corrected chi connectivity index (χ4v) is 3.76. The molecule has 3 fully saturated rings. The van der Waals surface area contributed by atoms with Crippen LogP contribution in [0.5, 0.6) is 0 Å². The first kappa shape index (κ1) is 18.3. The van der Waals surface area contributed by atoms with Crippen molar-refractivity contribution in [3.63, 3.8) is 0 Å². The number of urea groups is 1. The second-order valence-electron chi connectivity index (χ2n) is 8.74.